The lowest BCUT2D eigenvalue weighted by Crippen LogP contribution is -2.64. The van der Waals surface area contributed by atoms with E-state index in [-0.39, 0.29) is 11.4 Å². The van der Waals surface area contributed by atoms with Gasteiger partial charge in [-0.3, -0.25) is 9.59 Å². The summed E-state index contributed by atoms with van der Waals surface area (Å²) in [6.07, 6.45) is 0.797. The molecule has 2 heterocycles. The molecular formula is C21H22N2O6S. The van der Waals surface area contributed by atoms with Gasteiger partial charge in [0.05, 0.1) is 4.90 Å². The highest BCUT2D eigenvalue weighted by atomic mass is 32.2. The molecule has 2 aliphatic rings. The second kappa shape index (κ2) is 7.10. The number of aliphatic carboxylic acids is 1. The van der Waals surface area contributed by atoms with Crippen LogP contribution in [0.15, 0.2) is 53.4 Å². The summed E-state index contributed by atoms with van der Waals surface area (Å²) in [4.78, 5) is 26.6. The number of fused-ring (bicyclic) bond motifs is 4. The average Bonchev–Trinajstić information content (AvgIpc) is 2.67. The van der Waals surface area contributed by atoms with Crippen molar-refractivity contribution in [2.45, 2.75) is 36.3 Å². The van der Waals surface area contributed by atoms with E-state index in [9.17, 15) is 23.1 Å². The summed E-state index contributed by atoms with van der Waals surface area (Å²) in [6.45, 7) is 2.04. The molecule has 0 saturated carbocycles. The van der Waals surface area contributed by atoms with Crippen molar-refractivity contribution in [3.05, 3.63) is 59.7 Å². The average molecular weight is 430 g/mol. The topological polar surface area (TPSA) is 127 Å². The third-order valence-electron chi connectivity index (χ3n) is 5.89. The second-order valence-corrected chi connectivity index (χ2v) is 9.43. The number of hydrogen-bond acceptors (Lipinski definition) is 5. The zero-order chi connectivity index (χ0) is 21.7. The quantitative estimate of drug-likeness (QED) is 0.695. The molecule has 9 heteroatoms. The van der Waals surface area contributed by atoms with E-state index >= 15 is 0 Å². The van der Waals surface area contributed by atoms with E-state index in [0.717, 1.165) is 11.1 Å². The molecule has 2 aromatic rings. The molecule has 1 saturated heterocycles. The highest BCUT2D eigenvalue weighted by Crippen LogP contribution is 2.50. The number of hydrogen-bond donors (Lipinski definition) is 2. The summed E-state index contributed by atoms with van der Waals surface area (Å²) in [5.74, 6) is -2.65. The normalized spacial score (nSPS) is 25.4. The van der Waals surface area contributed by atoms with Crippen molar-refractivity contribution in [3.63, 3.8) is 0 Å². The molecule has 0 radical (unpaired) electrons. The van der Waals surface area contributed by atoms with Crippen LogP contribution < -0.4 is 9.88 Å². The lowest BCUT2D eigenvalue weighted by molar-refractivity contribution is -0.180. The van der Waals surface area contributed by atoms with Crippen molar-refractivity contribution in [1.29, 1.82) is 0 Å². The number of carbonyl (C=O) groups is 2. The molecule has 3 atom stereocenters. The monoisotopic (exact) mass is 430 g/mol. The maximum absolute atomic E-state index is 13.2. The molecule has 2 aliphatic heterocycles. The molecule has 0 aromatic heterocycles. The van der Waals surface area contributed by atoms with Crippen LogP contribution in [0.1, 0.15) is 30.4 Å². The van der Waals surface area contributed by atoms with E-state index in [1.54, 1.807) is 25.1 Å². The Bertz CT molecular complexity index is 1110. The van der Waals surface area contributed by atoms with Crippen molar-refractivity contribution in [3.8, 4) is 5.75 Å². The van der Waals surface area contributed by atoms with E-state index in [1.165, 1.54) is 17.0 Å². The Kier molecular flexibility index (Phi) is 4.82. The van der Waals surface area contributed by atoms with E-state index < -0.39 is 39.5 Å². The number of para-hydroxylation sites is 1. The van der Waals surface area contributed by atoms with Crippen LogP contribution in [-0.2, 0) is 26.0 Å². The third kappa shape index (κ3) is 3.44. The molecule has 4 rings (SSSR count). The summed E-state index contributed by atoms with van der Waals surface area (Å²) in [5, 5.41) is 14.9. The Balaban J connectivity index is 1.62. The molecule has 0 unspecified atom stereocenters. The fraction of sp³-hybridized carbons (Fsp3) is 0.333. The summed E-state index contributed by atoms with van der Waals surface area (Å²) in [6, 6.07) is 13.3. The SMILES string of the molecule is C[C@@]12C[C@@H](c3ccccc3O1)[C@@H](C(=O)O)C(=O)N2CCc1ccc(S(N)(=O)=O)cc1. The van der Waals surface area contributed by atoms with Crippen molar-refractivity contribution in [2.24, 2.45) is 11.1 Å². The largest absolute Gasteiger partial charge is 0.481 e. The first kappa shape index (κ1) is 20.4. The van der Waals surface area contributed by atoms with E-state index in [4.69, 9.17) is 9.88 Å². The van der Waals surface area contributed by atoms with Gasteiger partial charge >= 0.3 is 5.97 Å². The van der Waals surface area contributed by atoms with Gasteiger partial charge in [0.25, 0.3) is 0 Å². The Labute approximate surface area is 174 Å². The molecule has 30 heavy (non-hydrogen) atoms. The van der Waals surface area contributed by atoms with Gasteiger partial charge in [0, 0.05) is 18.9 Å². The lowest BCUT2D eigenvalue weighted by Gasteiger charge is -2.52. The zero-order valence-electron chi connectivity index (χ0n) is 16.3. The minimum Gasteiger partial charge on any atom is -0.481 e. The van der Waals surface area contributed by atoms with Crippen LogP contribution in [0.25, 0.3) is 0 Å². The number of primary sulfonamides is 1. The molecule has 0 aliphatic carbocycles. The van der Waals surface area contributed by atoms with E-state index in [1.807, 2.05) is 18.2 Å². The number of nitrogens with zero attached hydrogens (tertiary/aromatic N) is 1. The molecule has 0 spiro atoms. The number of ether oxygens (including phenoxy) is 1. The van der Waals surface area contributed by atoms with Crippen molar-refractivity contribution in [2.75, 3.05) is 6.54 Å². The number of benzene rings is 2. The minimum absolute atomic E-state index is 0.00765. The number of piperidine rings is 1. The lowest BCUT2D eigenvalue weighted by atomic mass is 9.73. The van der Waals surface area contributed by atoms with Gasteiger partial charge in [0.1, 0.15) is 11.7 Å². The number of nitrogens with two attached hydrogens (primary N) is 1. The molecule has 8 nitrogen and oxygen atoms in total. The predicted octanol–water partition coefficient (Wildman–Crippen LogP) is 1.70. The summed E-state index contributed by atoms with van der Waals surface area (Å²) >= 11 is 0. The molecule has 1 fully saturated rings. The molecule has 3 N–H and O–H groups in total. The minimum atomic E-state index is -3.78. The van der Waals surface area contributed by atoms with Crippen LogP contribution in [0, 0.1) is 5.92 Å². The number of likely N-dealkylation sites (tertiary alicyclic amines) is 1. The first-order valence-corrected chi connectivity index (χ1v) is 11.1. The fourth-order valence-electron chi connectivity index (χ4n) is 4.42. The number of carboxylic acids is 1. The summed E-state index contributed by atoms with van der Waals surface area (Å²) in [5.41, 5.74) is 0.584. The van der Waals surface area contributed by atoms with Gasteiger partial charge in [-0.15, -0.1) is 0 Å². The Morgan fingerprint density at radius 2 is 1.90 bits per heavy atom. The zero-order valence-corrected chi connectivity index (χ0v) is 17.1. The smallest absolute Gasteiger partial charge is 0.316 e. The van der Waals surface area contributed by atoms with Gasteiger partial charge in [-0.25, -0.2) is 13.6 Å². The Morgan fingerprint density at radius 1 is 1.23 bits per heavy atom. The van der Waals surface area contributed by atoms with Gasteiger partial charge in [-0.1, -0.05) is 30.3 Å². The van der Waals surface area contributed by atoms with Gasteiger partial charge in [0.15, 0.2) is 5.72 Å². The van der Waals surface area contributed by atoms with Crippen LogP contribution in [0.4, 0.5) is 0 Å². The van der Waals surface area contributed by atoms with Crippen LogP contribution in [0.5, 0.6) is 5.75 Å². The van der Waals surface area contributed by atoms with Crippen LogP contribution >= 0.6 is 0 Å². The van der Waals surface area contributed by atoms with E-state index in [2.05, 4.69) is 0 Å². The van der Waals surface area contributed by atoms with Crippen LogP contribution in [0.2, 0.25) is 0 Å². The number of rotatable bonds is 5. The van der Waals surface area contributed by atoms with Gasteiger partial charge < -0.3 is 14.7 Å². The molecule has 158 valence electrons. The number of amides is 1. The van der Waals surface area contributed by atoms with Crippen molar-refractivity contribution >= 4 is 21.9 Å². The summed E-state index contributed by atoms with van der Waals surface area (Å²) < 4.78 is 29.0. The highest BCUT2D eigenvalue weighted by molar-refractivity contribution is 7.89. The first-order valence-electron chi connectivity index (χ1n) is 9.54. The summed E-state index contributed by atoms with van der Waals surface area (Å²) in [7, 11) is -3.78. The molecule has 1 amide bonds. The maximum Gasteiger partial charge on any atom is 0.316 e. The Morgan fingerprint density at radius 3 is 2.53 bits per heavy atom. The highest BCUT2D eigenvalue weighted by Gasteiger charge is 2.56. The number of sulfonamides is 1. The third-order valence-corrected chi connectivity index (χ3v) is 6.82. The predicted molar refractivity (Wildman–Crippen MR) is 107 cm³/mol. The van der Waals surface area contributed by atoms with E-state index in [0.29, 0.717) is 18.6 Å². The maximum atomic E-state index is 13.2. The Hall–Kier alpha value is -2.91. The second-order valence-electron chi connectivity index (χ2n) is 7.87. The standard InChI is InChI=1S/C21H22N2O6S/c1-21-12-16(15-4-2-3-5-17(15)29-21)18(20(25)26)19(24)23(21)11-10-13-6-8-14(9-7-13)30(22,27)28/h2-9,16,18H,10-12H2,1H3,(H,25,26)(H2,22,27,28)/t16-,18+,21-/m0/s1. The molecular weight excluding hydrogens is 408 g/mol. The molecule has 2 bridgehead atoms. The van der Waals surface area contributed by atoms with Gasteiger partial charge in [-0.2, -0.15) is 0 Å². The van der Waals surface area contributed by atoms with Crippen molar-refractivity contribution < 1.29 is 27.9 Å². The fourth-order valence-corrected chi connectivity index (χ4v) is 4.94. The number of carboxylic acid groups (broad SMARTS) is 1. The van der Waals surface area contributed by atoms with Crippen LogP contribution in [0.3, 0.4) is 0 Å². The van der Waals surface area contributed by atoms with Gasteiger partial charge in [0.2, 0.25) is 15.9 Å². The van der Waals surface area contributed by atoms with Crippen LogP contribution in [-0.4, -0.2) is 42.6 Å². The van der Waals surface area contributed by atoms with Gasteiger partial charge in [-0.05, 0) is 42.7 Å². The molecule has 2 aromatic carbocycles. The first-order chi connectivity index (χ1) is 14.1. The number of carbonyl (C=O) groups excluding carboxylic acids is 1. The van der Waals surface area contributed by atoms with Crippen molar-refractivity contribution in [1.82, 2.24) is 4.90 Å².